The first kappa shape index (κ1) is 12.7. The third-order valence-corrected chi connectivity index (χ3v) is 2.70. The van der Waals surface area contributed by atoms with Crippen molar-refractivity contribution < 1.29 is 21.6 Å². The molecule has 0 bridgehead atoms. The number of alkyl halides is 3. The molecule has 1 aromatic heterocycles. The number of hydrogen-bond acceptors (Lipinski definition) is 4. The predicted octanol–water partition coefficient (Wildman–Crippen LogP) is 0.802. The normalized spacial score (nSPS) is 12.5. The number of hydrogen-bond donors (Lipinski definition) is 2. The molecule has 3 N–H and O–H groups in total. The summed E-state index contributed by atoms with van der Waals surface area (Å²) >= 11 is 0. The van der Waals surface area contributed by atoms with E-state index in [9.17, 15) is 21.6 Å². The van der Waals surface area contributed by atoms with Gasteiger partial charge >= 0.3 is 15.5 Å². The first-order valence-corrected chi connectivity index (χ1v) is 5.48. The van der Waals surface area contributed by atoms with Crippen molar-refractivity contribution in [1.29, 1.82) is 0 Å². The van der Waals surface area contributed by atoms with Crippen molar-refractivity contribution in [3.63, 3.8) is 0 Å². The van der Waals surface area contributed by atoms with Gasteiger partial charge in [-0.1, -0.05) is 0 Å². The fourth-order valence-electron chi connectivity index (χ4n) is 0.866. The number of halogens is 3. The molecule has 0 aliphatic heterocycles. The Hall–Kier alpha value is -1.35. The average molecular weight is 255 g/mol. The van der Waals surface area contributed by atoms with Crippen LogP contribution in [0.5, 0.6) is 0 Å². The SMILES string of the molecule is NCc1cc(NS(=O)(=O)C(F)(F)F)ccn1. The summed E-state index contributed by atoms with van der Waals surface area (Å²) in [6.45, 7) is 0.00157. The zero-order valence-electron chi connectivity index (χ0n) is 7.82. The molecule has 0 unspecified atom stereocenters. The van der Waals surface area contributed by atoms with Gasteiger partial charge in [0, 0.05) is 12.7 Å². The molecule has 0 saturated carbocycles. The number of sulfonamides is 1. The van der Waals surface area contributed by atoms with Crippen LogP contribution in [0.2, 0.25) is 0 Å². The van der Waals surface area contributed by atoms with E-state index < -0.39 is 15.5 Å². The van der Waals surface area contributed by atoms with Crippen LogP contribution in [0.4, 0.5) is 18.9 Å². The largest absolute Gasteiger partial charge is 0.516 e. The van der Waals surface area contributed by atoms with Gasteiger partial charge in [0.2, 0.25) is 0 Å². The molecule has 0 aliphatic rings. The van der Waals surface area contributed by atoms with Crippen LogP contribution < -0.4 is 10.5 Å². The number of nitrogens with zero attached hydrogens (tertiary/aromatic N) is 1. The molecule has 0 spiro atoms. The van der Waals surface area contributed by atoms with E-state index in [1.54, 1.807) is 0 Å². The summed E-state index contributed by atoms with van der Waals surface area (Å²) < 4.78 is 58.9. The molecule has 0 saturated heterocycles. The Labute approximate surface area is 89.5 Å². The highest BCUT2D eigenvalue weighted by Gasteiger charge is 2.46. The molecule has 1 rings (SSSR count). The van der Waals surface area contributed by atoms with Crippen LogP contribution in [-0.2, 0) is 16.6 Å². The zero-order valence-corrected chi connectivity index (χ0v) is 8.64. The van der Waals surface area contributed by atoms with E-state index in [2.05, 4.69) is 4.98 Å². The molecule has 0 atom stereocenters. The van der Waals surface area contributed by atoms with Gasteiger partial charge in [0.25, 0.3) is 0 Å². The van der Waals surface area contributed by atoms with Crippen LogP contribution in [-0.4, -0.2) is 18.9 Å². The minimum Gasteiger partial charge on any atom is -0.325 e. The van der Waals surface area contributed by atoms with E-state index in [0.29, 0.717) is 0 Å². The van der Waals surface area contributed by atoms with Crippen LogP contribution in [0.3, 0.4) is 0 Å². The third-order valence-electron chi connectivity index (χ3n) is 1.58. The van der Waals surface area contributed by atoms with Crippen molar-refractivity contribution in [3.05, 3.63) is 24.0 Å². The van der Waals surface area contributed by atoms with Crippen LogP contribution in [0.1, 0.15) is 5.69 Å². The summed E-state index contributed by atoms with van der Waals surface area (Å²) in [4.78, 5) is 3.71. The molecule has 0 aliphatic carbocycles. The van der Waals surface area contributed by atoms with Gasteiger partial charge in [-0.3, -0.25) is 9.71 Å². The minimum atomic E-state index is -5.39. The van der Waals surface area contributed by atoms with Gasteiger partial charge in [-0.15, -0.1) is 0 Å². The summed E-state index contributed by atoms with van der Waals surface area (Å²) in [7, 11) is -5.39. The Bertz CT molecular complexity index is 472. The van der Waals surface area contributed by atoms with E-state index in [4.69, 9.17) is 5.73 Å². The lowest BCUT2D eigenvalue weighted by Crippen LogP contribution is -2.30. The third kappa shape index (κ3) is 2.83. The van der Waals surface area contributed by atoms with Crippen molar-refractivity contribution in [3.8, 4) is 0 Å². The number of rotatable bonds is 3. The van der Waals surface area contributed by atoms with E-state index in [1.165, 1.54) is 4.72 Å². The highest BCUT2D eigenvalue weighted by molar-refractivity contribution is 7.93. The van der Waals surface area contributed by atoms with Crippen molar-refractivity contribution in [2.45, 2.75) is 12.1 Å². The Morgan fingerprint density at radius 3 is 2.56 bits per heavy atom. The van der Waals surface area contributed by atoms with E-state index in [0.717, 1.165) is 18.3 Å². The first-order chi connectivity index (χ1) is 7.26. The highest BCUT2D eigenvalue weighted by Crippen LogP contribution is 2.25. The topological polar surface area (TPSA) is 85.1 Å². The van der Waals surface area contributed by atoms with Gasteiger partial charge in [0.05, 0.1) is 11.4 Å². The highest BCUT2D eigenvalue weighted by atomic mass is 32.2. The maximum absolute atomic E-state index is 12.0. The van der Waals surface area contributed by atoms with Gasteiger partial charge in [0.1, 0.15) is 0 Å². The summed E-state index contributed by atoms with van der Waals surface area (Å²) in [5.74, 6) is 0. The Morgan fingerprint density at radius 1 is 1.44 bits per heavy atom. The molecule has 0 amide bonds. The van der Waals surface area contributed by atoms with Crippen LogP contribution in [0.15, 0.2) is 18.3 Å². The van der Waals surface area contributed by atoms with Crippen molar-refractivity contribution in [2.24, 2.45) is 5.73 Å². The van der Waals surface area contributed by atoms with Crippen molar-refractivity contribution in [1.82, 2.24) is 4.98 Å². The summed E-state index contributed by atoms with van der Waals surface area (Å²) in [6, 6.07) is 2.23. The quantitative estimate of drug-likeness (QED) is 0.836. The number of pyridine rings is 1. The Balaban J connectivity index is 2.97. The van der Waals surface area contributed by atoms with Gasteiger partial charge in [-0.25, -0.2) is 0 Å². The lowest BCUT2D eigenvalue weighted by molar-refractivity contribution is -0.0429. The summed E-state index contributed by atoms with van der Waals surface area (Å²) in [5.41, 5.74) is -0.0907. The fraction of sp³-hybridized carbons (Fsp3) is 0.286. The average Bonchev–Trinajstić information content (AvgIpc) is 2.15. The number of nitrogens with one attached hydrogen (secondary N) is 1. The Kier molecular flexibility index (Phi) is 3.38. The molecule has 0 aromatic carbocycles. The molecular weight excluding hydrogens is 247 g/mol. The van der Waals surface area contributed by atoms with Crippen molar-refractivity contribution >= 4 is 15.7 Å². The van der Waals surface area contributed by atoms with Gasteiger partial charge in [0.15, 0.2) is 0 Å². The van der Waals surface area contributed by atoms with E-state index in [-0.39, 0.29) is 17.9 Å². The molecule has 16 heavy (non-hydrogen) atoms. The maximum atomic E-state index is 12.0. The van der Waals surface area contributed by atoms with Gasteiger partial charge < -0.3 is 5.73 Å². The predicted molar refractivity (Wildman–Crippen MR) is 50.7 cm³/mol. The van der Waals surface area contributed by atoms with Gasteiger partial charge in [-0.2, -0.15) is 21.6 Å². The molecule has 5 nitrogen and oxygen atoms in total. The van der Waals surface area contributed by atoms with Gasteiger partial charge in [-0.05, 0) is 12.1 Å². The smallest absolute Gasteiger partial charge is 0.325 e. The Morgan fingerprint density at radius 2 is 2.06 bits per heavy atom. The monoisotopic (exact) mass is 255 g/mol. The minimum absolute atomic E-state index is 0.00157. The van der Waals surface area contributed by atoms with Crippen LogP contribution >= 0.6 is 0 Å². The molecule has 9 heteroatoms. The zero-order chi connectivity index (χ0) is 12.4. The summed E-state index contributed by atoms with van der Waals surface area (Å²) in [6.07, 6.45) is 1.16. The standard InChI is InChI=1S/C7H8F3N3O2S/c8-7(9,10)16(14,15)13-5-1-2-12-6(3-5)4-11/h1-3H,4,11H2,(H,12,13). The molecule has 90 valence electrons. The molecule has 1 aromatic rings. The number of aromatic nitrogens is 1. The molecule has 1 heterocycles. The number of nitrogens with two attached hydrogens (primary N) is 1. The van der Waals surface area contributed by atoms with Crippen molar-refractivity contribution in [2.75, 3.05) is 4.72 Å². The van der Waals surface area contributed by atoms with E-state index >= 15 is 0 Å². The second-order valence-electron chi connectivity index (χ2n) is 2.79. The first-order valence-electron chi connectivity index (χ1n) is 4.00. The maximum Gasteiger partial charge on any atom is 0.516 e. The lowest BCUT2D eigenvalue weighted by Gasteiger charge is -2.10. The molecule has 0 radical (unpaired) electrons. The molecule has 0 fully saturated rings. The van der Waals surface area contributed by atoms with Crippen LogP contribution in [0.25, 0.3) is 0 Å². The second kappa shape index (κ2) is 4.26. The second-order valence-corrected chi connectivity index (χ2v) is 4.47. The molecular formula is C7H8F3N3O2S. The lowest BCUT2D eigenvalue weighted by atomic mass is 10.3. The summed E-state index contributed by atoms with van der Waals surface area (Å²) in [5, 5.41) is 0. The van der Waals surface area contributed by atoms with E-state index in [1.807, 2.05) is 0 Å². The van der Waals surface area contributed by atoms with Crippen LogP contribution in [0, 0.1) is 0 Å². The number of anilines is 1. The fourth-order valence-corrected chi connectivity index (χ4v) is 1.42.